The van der Waals surface area contributed by atoms with Crippen LogP contribution in [0.5, 0.6) is 0 Å². The molecule has 0 unspecified atom stereocenters. The number of ether oxygens (including phenoxy) is 1. The molecule has 0 saturated carbocycles. The van der Waals surface area contributed by atoms with E-state index >= 15 is 0 Å². The van der Waals surface area contributed by atoms with Crippen LogP contribution in [0.3, 0.4) is 0 Å². The van der Waals surface area contributed by atoms with Crippen LogP contribution in [0.15, 0.2) is 47.4 Å². The fourth-order valence-corrected chi connectivity index (χ4v) is 4.63. The molecule has 2 aliphatic rings. The van der Waals surface area contributed by atoms with Crippen molar-refractivity contribution in [2.45, 2.75) is 23.5 Å². The van der Waals surface area contributed by atoms with Gasteiger partial charge in [-0.25, -0.2) is 4.79 Å². The van der Waals surface area contributed by atoms with Gasteiger partial charge in [-0.1, -0.05) is 43.7 Å². The lowest BCUT2D eigenvalue weighted by Crippen LogP contribution is -2.41. The zero-order valence-electron chi connectivity index (χ0n) is 16.7. The van der Waals surface area contributed by atoms with E-state index in [1.165, 1.54) is 0 Å². The highest BCUT2D eigenvalue weighted by Crippen LogP contribution is 3.02. The average Bonchev–Trinajstić information content (AvgIpc) is 3.02. The molecule has 0 bridgehead atoms. The first-order valence-electron chi connectivity index (χ1n) is 9.86. The number of hydrogen-bond donors (Lipinski definition) is 3. The van der Waals surface area contributed by atoms with Gasteiger partial charge in [0.25, 0.3) is 0 Å². The van der Waals surface area contributed by atoms with E-state index < -0.39 is 39.0 Å². The molecule has 32 heavy (non-hydrogen) atoms. The number of carbonyl (C=O) groups excluding carboxylic acids is 1. The van der Waals surface area contributed by atoms with Crippen molar-refractivity contribution in [2.75, 3.05) is 36.5 Å². The first kappa shape index (κ1) is 22.6. The maximum absolute atomic E-state index is 13.4. The Morgan fingerprint density at radius 3 is 2.41 bits per heavy atom. The van der Waals surface area contributed by atoms with E-state index in [4.69, 9.17) is 4.74 Å². The number of carbonyl (C=O) groups is 1. The molecule has 0 aromatic heterocycles. The van der Waals surface area contributed by atoms with Gasteiger partial charge in [0, 0.05) is 13.1 Å². The molecule has 4 rings (SSSR count). The first-order chi connectivity index (χ1) is 14.8. The molecular formula is C20H22F5N3O3S. The van der Waals surface area contributed by atoms with Crippen LogP contribution in [0.25, 0.3) is 0 Å². The van der Waals surface area contributed by atoms with Crippen molar-refractivity contribution in [3.05, 3.63) is 53.6 Å². The highest BCUT2D eigenvalue weighted by Gasteiger charge is 2.65. The van der Waals surface area contributed by atoms with Crippen LogP contribution in [-0.2, 0) is 11.2 Å². The molecule has 3 N–H and O–H groups in total. The van der Waals surface area contributed by atoms with E-state index in [1.54, 1.807) is 29.2 Å². The Morgan fingerprint density at radius 2 is 1.75 bits per heavy atom. The van der Waals surface area contributed by atoms with Crippen LogP contribution in [-0.4, -0.2) is 43.5 Å². The van der Waals surface area contributed by atoms with Crippen LogP contribution in [0, 0.1) is 0 Å². The number of hydrogen-bond acceptors (Lipinski definition) is 4. The number of urea groups is 1. The molecule has 1 fully saturated rings. The fourth-order valence-electron chi connectivity index (χ4n) is 3.97. The summed E-state index contributed by atoms with van der Waals surface area (Å²) >= 11 is 0. The number of halogens is 5. The van der Waals surface area contributed by atoms with Crippen molar-refractivity contribution in [2.24, 2.45) is 0 Å². The Morgan fingerprint density at radius 1 is 1.06 bits per heavy atom. The first-order valence-corrected chi connectivity index (χ1v) is 11.8. The number of benzene rings is 2. The summed E-state index contributed by atoms with van der Waals surface area (Å²) in [4.78, 5) is 12.1. The predicted molar refractivity (Wildman–Crippen MR) is 112 cm³/mol. The second-order valence-electron chi connectivity index (χ2n) is 7.80. The minimum absolute atomic E-state index is 0.171. The Labute approximate surface area is 181 Å². The number of amides is 2. The molecule has 0 spiro atoms. The van der Waals surface area contributed by atoms with Gasteiger partial charge in [-0.3, -0.25) is 0 Å². The van der Waals surface area contributed by atoms with Crippen LogP contribution in [0.1, 0.15) is 17.2 Å². The van der Waals surface area contributed by atoms with Crippen LogP contribution >= 0.6 is 10.2 Å². The number of aliphatic hydroxyl groups is 1. The predicted octanol–water partition coefficient (Wildman–Crippen LogP) is 4.96. The molecule has 0 radical (unpaired) electrons. The number of rotatable bonds is 4. The van der Waals surface area contributed by atoms with Gasteiger partial charge in [0.05, 0.1) is 36.7 Å². The van der Waals surface area contributed by atoms with Gasteiger partial charge in [-0.15, -0.1) is 0 Å². The van der Waals surface area contributed by atoms with Crippen LogP contribution in [0.4, 0.5) is 35.6 Å². The summed E-state index contributed by atoms with van der Waals surface area (Å²) in [6, 6.07) is 6.93. The minimum Gasteiger partial charge on any atom is -0.386 e. The van der Waals surface area contributed by atoms with Crippen LogP contribution < -0.4 is 15.5 Å². The average molecular weight is 479 g/mol. The SMILES string of the molecule is O=C(Nc1cc(S(F)(F)(F)(F)F)ccc1N1CCOCC1)N[C@@H]1Cc2ccccc2[C@@H]1O. The lowest BCUT2D eigenvalue weighted by molar-refractivity contribution is 0.123. The van der Waals surface area contributed by atoms with Crippen molar-refractivity contribution in [1.29, 1.82) is 0 Å². The summed E-state index contributed by atoms with van der Waals surface area (Å²) in [5, 5.41) is 15.2. The maximum Gasteiger partial charge on any atom is 0.319 e. The Kier molecular flexibility index (Phi) is 5.10. The summed E-state index contributed by atoms with van der Waals surface area (Å²) in [6.07, 6.45) is -0.668. The molecule has 2 aromatic rings. The maximum atomic E-state index is 13.4. The Bertz CT molecular complexity index is 1050. The minimum atomic E-state index is -9.95. The highest BCUT2D eigenvalue weighted by molar-refractivity contribution is 8.45. The third kappa shape index (κ3) is 4.76. The zero-order chi connectivity index (χ0) is 23.2. The van der Waals surface area contributed by atoms with E-state index in [1.807, 2.05) is 0 Å². The Balaban J connectivity index is 1.59. The van der Waals surface area contributed by atoms with E-state index in [-0.39, 0.29) is 11.8 Å². The van der Waals surface area contributed by atoms with Crippen molar-refractivity contribution in [3.63, 3.8) is 0 Å². The van der Waals surface area contributed by atoms with Gasteiger partial charge in [0.15, 0.2) is 0 Å². The Hall–Kier alpha value is -2.57. The highest BCUT2D eigenvalue weighted by atomic mass is 32.5. The monoisotopic (exact) mass is 479 g/mol. The second kappa shape index (κ2) is 7.22. The molecular weight excluding hydrogens is 457 g/mol. The van der Waals surface area contributed by atoms with E-state index in [0.29, 0.717) is 44.4 Å². The van der Waals surface area contributed by atoms with Gasteiger partial charge < -0.3 is 25.4 Å². The van der Waals surface area contributed by atoms with Crippen molar-refractivity contribution < 1.29 is 34.1 Å². The quantitative estimate of drug-likeness (QED) is 0.542. The van der Waals surface area contributed by atoms with E-state index in [2.05, 4.69) is 10.6 Å². The summed E-state index contributed by atoms with van der Waals surface area (Å²) in [6.45, 7) is 1.26. The number of anilines is 2. The lowest BCUT2D eigenvalue weighted by atomic mass is 10.1. The van der Waals surface area contributed by atoms with Crippen molar-refractivity contribution >= 4 is 27.6 Å². The van der Waals surface area contributed by atoms with Crippen molar-refractivity contribution in [3.8, 4) is 0 Å². The number of nitrogens with one attached hydrogen (secondary N) is 2. The topological polar surface area (TPSA) is 73.8 Å². The smallest absolute Gasteiger partial charge is 0.319 e. The number of morpholine rings is 1. The molecule has 1 heterocycles. The summed E-state index contributed by atoms with van der Waals surface area (Å²) in [5.74, 6) is 0. The number of nitrogens with zero attached hydrogens (tertiary/aromatic N) is 1. The molecule has 12 heteroatoms. The van der Waals surface area contributed by atoms with Gasteiger partial charge >= 0.3 is 16.3 Å². The van der Waals surface area contributed by atoms with Crippen LogP contribution in [0.2, 0.25) is 0 Å². The lowest BCUT2D eigenvalue weighted by Gasteiger charge is -2.41. The zero-order valence-corrected chi connectivity index (χ0v) is 17.6. The fraction of sp³-hybridized carbons (Fsp3) is 0.350. The van der Waals surface area contributed by atoms with Gasteiger partial charge in [0.2, 0.25) is 0 Å². The summed E-state index contributed by atoms with van der Waals surface area (Å²) in [7, 11) is -9.95. The summed E-state index contributed by atoms with van der Waals surface area (Å²) in [5.41, 5.74) is 1.25. The second-order valence-corrected chi connectivity index (χ2v) is 10.2. The third-order valence-corrected chi connectivity index (χ3v) is 6.67. The van der Waals surface area contributed by atoms with Gasteiger partial charge in [0.1, 0.15) is 4.90 Å². The standard InChI is InChI=1S/C20H22F5N3O3S/c21-32(22,23,24,25)14-5-6-18(28-7-9-31-10-8-28)16(12-14)26-20(30)27-17-11-13-3-1-2-4-15(13)19(17)29/h1-6,12,17,19,29H,7-11H2,(H2,26,27,30)/t17-,19+/m1/s1. The third-order valence-electron chi connectivity index (χ3n) is 5.52. The number of aliphatic hydroxyl groups excluding tert-OH is 1. The number of fused-ring (bicyclic) bond motifs is 1. The van der Waals surface area contributed by atoms with Gasteiger partial charge in [-0.05, 0) is 35.7 Å². The molecule has 6 nitrogen and oxygen atoms in total. The molecule has 1 aliphatic carbocycles. The molecule has 2 atom stereocenters. The molecule has 2 aromatic carbocycles. The largest absolute Gasteiger partial charge is 0.386 e. The van der Waals surface area contributed by atoms with E-state index in [0.717, 1.165) is 11.6 Å². The molecule has 2 amide bonds. The molecule has 1 aliphatic heterocycles. The van der Waals surface area contributed by atoms with Crippen molar-refractivity contribution in [1.82, 2.24) is 5.32 Å². The summed E-state index contributed by atoms with van der Waals surface area (Å²) < 4.78 is 72.1. The van der Waals surface area contributed by atoms with E-state index in [9.17, 15) is 29.3 Å². The van der Waals surface area contributed by atoms with Gasteiger partial charge in [-0.2, -0.15) is 0 Å². The molecule has 176 valence electrons. The molecule has 1 saturated heterocycles. The normalized spacial score (nSPS) is 23.1.